The predicted octanol–water partition coefficient (Wildman–Crippen LogP) is 1.92. The number of aromatic nitrogens is 1. The second-order valence-electron chi connectivity index (χ2n) is 5.83. The van der Waals surface area contributed by atoms with Gasteiger partial charge in [0.1, 0.15) is 0 Å². The zero-order chi connectivity index (χ0) is 19.2. The van der Waals surface area contributed by atoms with E-state index in [2.05, 4.69) is 15.5 Å². The Kier molecular flexibility index (Phi) is 5.75. The first kappa shape index (κ1) is 18.5. The molecule has 27 heavy (non-hydrogen) atoms. The van der Waals surface area contributed by atoms with E-state index >= 15 is 0 Å². The van der Waals surface area contributed by atoms with Crippen molar-refractivity contribution in [1.29, 1.82) is 0 Å². The SMILES string of the molecule is COc1cc(C2=NO[C@@H](C(=O)NCc3cccnc3)C2)cc(OC)c1OC. The summed E-state index contributed by atoms with van der Waals surface area (Å²) in [5, 5.41) is 6.89. The first-order valence-electron chi connectivity index (χ1n) is 8.36. The molecule has 8 nitrogen and oxygen atoms in total. The summed E-state index contributed by atoms with van der Waals surface area (Å²) in [5.74, 6) is 1.29. The standard InChI is InChI=1S/C19H21N3O5/c1-24-15-7-13(8-16(25-2)18(15)26-3)14-9-17(27-22-14)19(23)21-11-12-5-4-6-20-10-12/h4-8,10,17H,9,11H2,1-3H3,(H,21,23)/t17-/m1/s1. The molecule has 0 saturated carbocycles. The zero-order valence-corrected chi connectivity index (χ0v) is 15.4. The van der Waals surface area contributed by atoms with E-state index in [1.165, 1.54) is 0 Å². The summed E-state index contributed by atoms with van der Waals surface area (Å²) in [6, 6.07) is 7.26. The third-order valence-electron chi connectivity index (χ3n) is 4.15. The molecule has 1 aromatic carbocycles. The highest BCUT2D eigenvalue weighted by atomic mass is 16.6. The van der Waals surface area contributed by atoms with E-state index in [9.17, 15) is 4.79 Å². The molecule has 1 aromatic heterocycles. The first-order chi connectivity index (χ1) is 13.2. The van der Waals surface area contributed by atoms with Crippen LogP contribution in [0.4, 0.5) is 0 Å². The van der Waals surface area contributed by atoms with Gasteiger partial charge < -0.3 is 24.4 Å². The number of ether oxygens (including phenoxy) is 3. The van der Waals surface area contributed by atoms with Crippen molar-refractivity contribution in [1.82, 2.24) is 10.3 Å². The molecule has 8 heteroatoms. The Morgan fingerprint density at radius 3 is 2.56 bits per heavy atom. The molecule has 1 N–H and O–H groups in total. The van der Waals surface area contributed by atoms with Crippen LogP contribution in [-0.4, -0.2) is 44.0 Å². The van der Waals surface area contributed by atoms with Crippen molar-refractivity contribution in [2.45, 2.75) is 19.1 Å². The van der Waals surface area contributed by atoms with Gasteiger partial charge in [-0.1, -0.05) is 11.2 Å². The van der Waals surface area contributed by atoms with Gasteiger partial charge in [-0.2, -0.15) is 0 Å². The number of pyridine rings is 1. The number of amides is 1. The fourth-order valence-corrected chi connectivity index (χ4v) is 2.74. The molecule has 142 valence electrons. The first-order valence-corrected chi connectivity index (χ1v) is 8.36. The second-order valence-corrected chi connectivity index (χ2v) is 5.83. The number of oxime groups is 1. The second kappa shape index (κ2) is 8.39. The Morgan fingerprint density at radius 2 is 1.96 bits per heavy atom. The lowest BCUT2D eigenvalue weighted by Gasteiger charge is -2.13. The van der Waals surface area contributed by atoms with Crippen molar-refractivity contribution < 1.29 is 23.8 Å². The molecular formula is C19H21N3O5. The van der Waals surface area contributed by atoms with Gasteiger partial charge in [-0.05, 0) is 23.8 Å². The van der Waals surface area contributed by atoms with Gasteiger partial charge >= 0.3 is 0 Å². The van der Waals surface area contributed by atoms with Gasteiger partial charge in [0, 0.05) is 30.9 Å². The Morgan fingerprint density at radius 1 is 1.22 bits per heavy atom. The van der Waals surface area contributed by atoms with E-state index < -0.39 is 6.10 Å². The van der Waals surface area contributed by atoms with Gasteiger partial charge in [-0.15, -0.1) is 0 Å². The number of carbonyl (C=O) groups is 1. The molecular weight excluding hydrogens is 350 g/mol. The summed E-state index contributed by atoms with van der Waals surface area (Å²) in [5.41, 5.74) is 2.29. The summed E-state index contributed by atoms with van der Waals surface area (Å²) in [6.45, 7) is 0.381. The van der Waals surface area contributed by atoms with Gasteiger partial charge in [0.15, 0.2) is 11.5 Å². The largest absolute Gasteiger partial charge is 0.493 e. The maximum Gasteiger partial charge on any atom is 0.264 e. The van der Waals surface area contributed by atoms with Crippen LogP contribution in [0, 0.1) is 0 Å². The predicted molar refractivity (Wildman–Crippen MR) is 98.2 cm³/mol. The number of carbonyl (C=O) groups excluding carboxylic acids is 1. The van der Waals surface area contributed by atoms with Crippen LogP contribution in [0.3, 0.4) is 0 Å². The molecule has 0 fully saturated rings. The average Bonchev–Trinajstić information content (AvgIpc) is 3.22. The lowest BCUT2D eigenvalue weighted by molar-refractivity contribution is -0.131. The lowest BCUT2D eigenvalue weighted by Crippen LogP contribution is -2.34. The fraction of sp³-hybridized carbons (Fsp3) is 0.316. The average molecular weight is 371 g/mol. The maximum absolute atomic E-state index is 12.3. The van der Waals surface area contributed by atoms with E-state index in [1.54, 1.807) is 45.9 Å². The maximum atomic E-state index is 12.3. The van der Waals surface area contributed by atoms with Crippen molar-refractivity contribution in [2.24, 2.45) is 5.16 Å². The summed E-state index contributed by atoms with van der Waals surface area (Å²) < 4.78 is 16.0. The molecule has 0 unspecified atom stereocenters. The minimum Gasteiger partial charge on any atom is -0.493 e. The number of nitrogens with zero attached hydrogens (tertiary/aromatic N) is 2. The zero-order valence-electron chi connectivity index (χ0n) is 15.4. The highest BCUT2D eigenvalue weighted by Gasteiger charge is 2.30. The van der Waals surface area contributed by atoms with E-state index in [0.717, 1.165) is 11.1 Å². The van der Waals surface area contributed by atoms with Crippen molar-refractivity contribution in [3.8, 4) is 17.2 Å². The number of hydrogen-bond acceptors (Lipinski definition) is 7. The Balaban J connectivity index is 1.67. The topological polar surface area (TPSA) is 91.3 Å². The van der Waals surface area contributed by atoms with Crippen molar-refractivity contribution in [3.63, 3.8) is 0 Å². The van der Waals surface area contributed by atoms with Crippen molar-refractivity contribution in [2.75, 3.05) is 21.3 Å². The molecule has 1 atom stereocenters. The molecule has 0 saturated heterocycles. The summed E-state index contributed by atoms with van der Waals surface area (Å²) >= 11 is 0. The summed E-state index contributed by atoms with van der Waals surface area (Å²) in [6.07, 6.45) is 3.05. The van der Waals surface area contributed by atoms with Crippen LogP contribution < -0.4 is 19.5 Å². The van der Waals surface area contributed by atoms with Crippen LogP contribution in [-0.2, 0) is 16.2 Å². The molecule has 2 heterocycles. The molecule has 1 aliphatic rings. The van der Waals surface area contributed by atoms with Crippen molar-refractivity contribution in [3.05, 3.63) is 47.8 Å². The molecule has 0 spiro atoms. The van der Waals surface area contributed by atoms with Crippen LogP contribution in [0.5, 0.6) is 17.2 Å². The minimum absolute atomic E-state index is 0.231. The van der Waals surface area contributed by atoms with E-state index in [-0.39, 0.29) is 5.91 Å². The number of nitrogens with one attached hydrogen (secondary N) is 1. The smallest absolute Gasteiger partial charge is 0.264 e. The van der Waals surface area contributed by atoms with E-state index in [0.29, 0.717) is 35.9 Å². The molecule has 3 rings (SSSR count). The molecule has 2 aromatic rings. The molecule has 0 radical (unpaired) electrons. The van der Waals surface area contributed by atoms with Crippen molar-refractivity contribution >= 4 is 11.6 Å². The van der Waals surface area contributed by atoms with Gasteiger partial charge in [0.25, 0.3) is 5.91 Å². The normalized spacial score (nSPS) is 15.5. The van der Waals surface area contributed by atoms with E-state index in [1.807, 2.05) is 12.1 Å². The fourth-order valence-electron chi connectivity index (χ4n) is 2.74. The number of benzene rings is 1. The number of rotatable bonds is 7. The van der Waals surface area contributed by atoms with Gasteiger partial charge in [0.05, 0.1) is 27.0 Å². The number of hydrogen-bond donors (Lipinski definition) is 1. The van der Waals surface area contributed by atoms with Gasteiger partial charge in [-0.25, -0.2) is 0 Å². The van der Waals surface area contributed by atoms with Crippen LogP contribution in [0.15, 0.2) is 41.8 Å². The van der Waals surface area contributed by atoms with Crippen LogP contribution in [0.1, 0.15) is 17.5 Å². The Hall–Kier alpha value is -3.29. The number of methoxy groups -OCH3 is 3. The van der Waals surface area contributed by atoms with Gasteiger partial charge in [0.2, 0.25) is 11.9 Å². The molecule has 0 aliphatic carbocycles. The molecule has 1 amide bonds. The third kappa shape index (κ3) is 4.11. The quantitative estimate of drug-likeness (QED) is 0.800. The highest BCUT2D eigenvalue weighted by molar-refractivity contribution is 6.04. The van der Waals surface area contributed by atoms with Crippen LogP contribution in [0.2, 0.25) is 0 Å². The Bertz CT molecular complexity index is 813. The lowest BCUT2D eigenvalue weighted by atomic mass is 10.0. The Labute approximate surface area is 157 Å². The van der Waals surface area contributed by atoms with Crippen LogP contribution in [0.25, 0.3) is 0 Å². The highest BCUT2D eigenvalue weighted by Crippen LogP contribution is 2.39. The minimum atomic E-state index is -0.684. The van der Waals surface area contributed by atoms with Gasteiger partial charge in [-0.3, -0.25) is 9.78 Å². The monoisotopic (exact) mass is 371 g/mol. The van der Waals surface area contributed by atoms with Crippen LogP contribution >= 0.6 is 0 Å². The third-order valence-corrected chi connectivity index (χ3v) is 4.15. The molecule has 1 aliphatic heterocycles. The van der Waals surface area contributed by atoms with E-state index in [4.69, 9.17) is 19.0 Å². The summed E-state index contributed by atoms with van der Waals surface area (Å²) in [4.78, 5) is 21.7. The summed E-state index contributed by atoms with van der Waals surface area (Å²) in [7, 11) is 4.63. The molecule has 0 bridgehead atoms.